The summed E-state index contributed by atoms with van der Waals surface area (Å²) in [5.74, 6) is 1.12. The predicted molar refractivity (Wildman–Crippen MR) is 66.2 cm³/mol. The minimum absolute atomic E-state index is 0.0852. The molecule has 0 radical (unpaired) electrons. The van der Waals surface area contributed by atoms with E-state index in [2.05, 4.69) is 0 Å². The minimum Gasteiger partial charge on any atom is -0.496 e. The van der Waals surface area contributed by atoms with Crippen LogP contribution in [0.1, 0.15) is 0 Å². The van der Waals surface area contributed by atoms with E-state index in [4.69, 9.17) is 14.2 Å². The molecule has 1 amide bonds. The lowest BCUT2D eigenvalue weighted by Crippen LogP contribution is -2.31. The van der Waals surface area contributed by atoms with E-state index in [1.165, 1.54) is 12.0 Å². The Hall–Kier alpha value is -2.17. The van der Waals surface area contributed by atoms with E-state index >= 15 is 0 Å². The van der Waals surface area contributed by atoms with Crippen LogP contribution in [0, 0.1) is 0 Å². The third-order valence-electron chi connectivity index (χ3n) is 2.72. The molecule has 1 aromatic rings. The number of rotatable bonds is 3. The average Bonchev–Trinajstić information content (AvgIpc) is 2.58. The number of carbonyl (C=O) groups excluding carboxylic acids is 1. The number of carbonyl (C=O) groups is 1. The summed E-state index contributed by atoms with van der Waals surface area (Å²) in [4.78, 5) is 13.4. The molecule has 18 heavy (non-hydrogen) atoms. The summed E-state index contributed by atoms with van der Waals surface area (Å²) in [5, 5.41) is 0. The summed E-state index contributed by atoms with van der Waals surface area (Å²) in [7, 11) is 3.08. The summed E-state index contributed by atoms with van der Waals surface area (Å²) >= 11 is 0. The molecule has 1 aromatic carbocycles. The van der Waals surface area contributed by atoms with E-state index in [0.29, 0.717) is 18.1 Å². The lowest BCUT2D eigenvalue weighted by molar-refractivity contribution is 0.138. The molecule has 0 aromatic heterocycles. The first-order chi connectivity index (χ1) is 8.76. The molecule has 5 nitrogen and oxygen atoms in total. The molecule has 96 valence electrons. The fourth-order valence-corrected chi connectivity index (χ4v) is 1.74. The number of benzene rings is 1. The maximum Gasteiger partial charge on any atom is 0.415 e. The van der Waals surface area contributed by atoms with E-state index in [9.17, 15) is 4.79 Å². The van der Waals surface area contributed by atoms with Crippen molar-refractivity contribution in [2.45, 2.75) is 0 Å². The van der Waals surface area contributed by atoms with Gasteiger partial charge in [-0.05, 0) is 12.1 Å². The Bertz CT molecular complexity index is 455. The molecule has 1 aliphatic heterocycles. The van der Waals surface area contributed by atoms with Gasteiger partial charge in [-0.3, -0.25) is 4.90 Å². The predicted octanol–water partition coefficient (Wildman–Crippen LogP) is 2.15. The fraction of sp³-hybridized carbons (Fsp3) is 0.308. The van der Waals surface area contributed by atoms with Crippen molar-refractivity contribution < 1.29 is 19.0 Å². The first-order valence-electron chi connectivity index (χ1n) is 5.55. The molecule has 1 heterocycles. The molecule has 1 aliphatic rings. The molecule has 0 bridgehead atoms. The number of para-hydroxylation sites is 1. The minimum atomic E-state index is -0.414. The van der Waals surface area contributed by atoms with Crippen LogP contribution in [0.25, 0.3) is 0 Å². The Morgan fingerprint density at radius 2 is 1.78 bits per heavy atom. The Balaban J connectivity index is 2.31. The van der Waals surface area contributed by atoms with Gasteiger partial charge in [0.25, 0.3) is 0 Å². The molecule has 0 N–H and O–H groups in total. The van der Waals surface area contributed by atoms with Crippen LogP contribution in [-0.4, -0.2) is 33.5 Å². The van der Waals surface area contributed by atoms with E-state index in [1.54, 1.807) is 7.11 Å². The first-order valence-corrected chi connectivity index (χ1v) is 5.55. The quantitative estimate of drug-likeness (QED) is 0.823. The van der Waals surface area contributed by atoms with Crippen LogP contribution in [0.3, 0.4) is 0 Å². The highest BCUT2D eigenvalue weighted by molar-refractivity contribution is 5.88. The van der Waals surface area contributed by atoms with Crippen LogP contribution in [0.15, 0.2) is 41.9 Å². The van der Waals surface area contributed by atoms with Crippen LogP contribution in [0.4, 0.5) is 10.5 Å². The van der Waals surface area contributed by atoms with Gasteiger partial charge in [0.1, 0.15) is 0 Å². The van der Waals surface area contributed by atoms with Crippen LogP contribution >= 0.6 is 0 Å². The van der Waals surface area contributed by atoms with E-state index in [0.717, 1.165) is 5.69 Å². The van der Waals surface area contributed by atoms with Gasteiger partial charge in [0.15, 0.2) is 18.1 Å². The maximum atomic E-state index is 11.9. The van der Waals surface area contributed by atoms with Gasteiger partial charge in [-0.2, -0.15) is 0 Å². The van der Waals surface area contributed by atoms with Crippen molar-refractivity contribution in [2.75, 3.05) is 32.3 Å². The average molecular weight is 249 g/mol. The van der Waals surface area contributed by atoms with E-state index in [-0.39, 0.29) is 6.61 Å². The highest BCUT2D eigenvalue weighted by Gasteiger charge is 2.26. The largest absolute Gasteiger partial charge is 0.496 e. The summed E-state index contributed by atoms with van der Waals surface area (Å²) < 4.78 is 15.5. The SMILES string of the molecule is COC1=C(OC)CN(c2ccccc2)C(=O)OC1. The van der Waals surface area contributed by atoms with Crippen molar-refractivity contribution in [1.82, 2.24) is 0 Å². The van der Waals surface area contributed by atoms with Gasteiger partial charge in [0.2, 0.25) is 0 Å². The number of ether oxygens (including phenoxy) is 3. The zero-order chi connectivity index (χ0) is 13.0. The normalized spacial score (nSPS) is 16.1. The Kier molecular flexibility index (Phi) is 3.72. The molecular weight excluding hydrogens is 234 g/mol. The second-order valence-corrected chi connectivity index (χ2v) is 3.73. The highest BCUT2D eigenvalue weighted by atomic mass is 16.6. The Morgan fingerprint density at radius 1 is 1.11 bits per heavy atom. The number of hydrogen-bond donors (Lipinski definition) is 0. The summed E-state index contributed by atoms with van der Waals surface area (Å²) in [6, 6.07) is 9.29. The van der Waals surface area contributed by atoms with Crippen molar-refractivity contribution in [3.05, 3.63) is 41.9 Å². The van der Waals surface area contributed by atoms with Crippen molar-refractivity contribution >= 4 is 11.8 Å². The third kappa shape index (κ3) is 2.40. The molecule has 0 saturated carbocycles. The Labute approximate surface area is 106 Å². The molecule has 0 atom stereocenters. The number of amides is 1. The first kappa shape index (κ1) is 12.3. The molecule has 0 fully saturated rings. The van der Waals surface area contributed by atoms with Crippen LogP contribution in [-0.2, 0) is 14.2 Å². The van der Waals surface area contributed by atoms with Gasteiger partial charge in [-0.25, -0.2) is 4.79 Å². The van der Waals surface area contributed by atoms with Gasteiger partial charge in [0.05, 0.1) is 20.8 Å². The molecule has 0 spiro atoms. The topological polar surface area (TPSA) is 48.0 Å². The highest BCUT2D eigenvalue weighted by Crippen LogP contribution is 2.21. The molecule has 0 unspecified atom stereocenters. The van der Waals surface area contributed by atoms with Crippen LogP contribution in [0.2, 0.25) is 0 Å². The molecule has 0 saturated heterocycles. The van der Waals surface area contributed by atoms with Crippen LogP contribution in [0.5, 0.6) is 0 Å². The smallest absolute Gasteiger partial charge is 0.415 e. The number of cyclic esters (lactones) is 1. The number of anilines is 1. The van der Waals surface area contributed by atoms with E-state index < -0.39 is 6.09 Å². The number of hydrogen-bond acceptors (Lipinski definition) is 4. The zero-order valence-electron chi connectivity index (χ0n) is 10.4. The maximum absolute atomic E-state index is 11.9. The standard InChI is InChI=1S/C13H15NO4/c1-16-11-8-14(10-6-4-3-5-7-10)13(15)18-9-12(11)17-2/h3-7H,8-9H2,1-2H3. The second-order valence-electron chi connectivity index (χ2n) is 3.73. The van der Waals surface area contributed by atoms with Gasteiger partial charge in [-0.15, -0.1) is 0 Å². The van der Waals surface area contributed by atoms with Gasteiger partial charge in [-0.1, -0.05) is 18.2 Å². The van der Waals surface area contributed by atoms with Crippen molar-refractivity contribution in [2.24, 2.45) is 0 Å². The van der Waals surface area contributed by atoms with Crippen molar-refractivity contribution in [1.29, 1.82) is 0 Å². The zero-order valence-corrected chi connectivity index (χ0v) is 10.4. The summed E-state index contributed by atoms with van der Waals surface area (Å²) in [5.41, 5.74) is 0.759. The lowest BCUT2D eigenvalue weighted by atomic mass is 10.3. The summed E-state index contributed by atoms with van der Waals surface area (Å²) in [6.45, 7) is 0.379. The lowest BCUT2D eigenvalue weighted by Gasteiger charge is -2.19. The number of methoxy groups -OCH3 is 2. The van der Waals surface area contributed by atoms with Crippen molar-refractivity contribution in [3.8, 4) is 0 Å². The van der Waals surface area contributed by atoms with Crippen LogP contribution < -0.4 is 4.90 Å². The summed E-state index contributed by atoms with van der Waals surface area (Å²) in [6.07, 6.45) is -0.414. The van der Waals surface area contributed by atoms with Crippen molar-refractivity contribution in [3.63, 3.8) is 0 Å². The molecule has 0 aliphatic carbocycles. The number of nitrogens with zero attached hydrogens (tertiary/aromatic N) is 1. The van der Waals surface area contributed by atoms with Gasteiger partial charge >= 0.3 is 6.09 Å². The third-order valence-corrected chi connectivity index (χ3v) is 2.72. The fourth-order valence-electron chi connectivity index (χ4n) is 1.74. The molecule has 2 rings (SSSR count). The van der Waals surface area contributed by atoms with E-state index in [1.807, 2.05) is 30.3 Å². The second kappa shape index (κ2) is 5.44. The van der Waals surface area contributed by atoms with Gasteiger partial charge < -0.3 is 14.2 Å². The van der Waals surface area contributed by atoms with Gasteiger partial charge in [0, 0.05) is 5.69 Å². The Morgan fingerprint density at radius 3 is 2.39 bits per heavy atom. The molecular formula is C13H15NO4. The molecule has 5 heteroatoms. The monoisotopic (exact) mass is 249 g/mol.